The van der Waals surface area contributed by atoms with E-state index in [1.165, 1.54) is 0 Å². The van der Waals surface area contributed by atoms with Crippen LogP contribution in [0.1, 0.15) is 11.0 Å². The fourth-order valence-corrected chi connectivity index (χ4v) is 5.66. The molecule has 182 valence electrons. The summed E-state index contributed by atoms with van der Waals surface area (Å²) >= 11 is 0. The van der Waals surface area contributed by atoms with E-state index in [-0.39, 0.29) is 57.7 Å². The lowest BCUT2D eigenvalue weighted by atomic mass is 9.84. The minimum Gasteiger partial charge on any atom is -0.456 e. The maximum Gasteiger partial charge on any atom is 0.136 e. The van der Waals surface area contributed by atoms with E-state index in [9.17, 15) is 1.37 Å². The first-order valence-corrected chi connectivity index (χ1v) is 12.7. The van der Waals surface area contributed by atoms with Crippen LogP contribution in [0.5, 0.6) is 0 Å². The molecule has 0 saturated carbocycles. The predicted octanol–water partition coefficient (Wildman–Crippen LogP) is 10.9. The highest BCUT2D eigenvalue weighted by molar-refractivity contribution is 6.25. The zero-order valence-corrected chi connectivity index (χ0v) is 20.6. The summed E-state index contributed by atoms with van der Waals surface area (Å²) in [6, 6.07) is 29.3. The fourth-order valence-electron chi connectivity index (χ4n) is 5.66. The van der Waals surface area contributed by atoms with Gasteiger partial charge >= 0.3 is 0 Å². The Morgan fingerprint density at radius 3 is 1.67 bits per heavy atom. The molecule has 0 radical (unpaired) electrons. The summed E-state index contributed by atoms with van der Waals surface area (Å²) in [6.07, 6.45) is 0. The smallest absolute Gasteiger partial charge is 0.136 e. The molecule has 1 heterocycles. The molecule has 8 rings (SSSR count). The van der Waals surface area contributed by atoms with Gasteiger partial charge in [-0.3, -0.25) is 0 Å². The van der Waals surface area contributed by atoms with Gasteiger partial charge in [-0.05, 0) is 67.0 Å². The average molecular weight is 505 g/mol. The fraction of sp³-hybridized carbons (Fsp3) is 0. The second-order valence-electron chi connectivity index (χ2n) is 9.47. The molecular weight excluding hydrogens is 472 g/mol. The van der Waals surface area contributed by atoms with Gasteiger partial charge in [-0.15, -0.1) is 0 Å². The minimum atomic E-state index is -0.452. The van der Waals surface area contributed by atoms with Crippen LogP contribution in [0.4, 0.5) is 0 Å². The normalized spacial score (nSPS) is 14.5. The van der Waals surface area contributed by atoms with E-state index < -0.39 is 12.1 Å². The van der Waals surface area contributed by atoms with Crippen molar-refractivity contribution in [1.29, 1.82) is 0 Å². The Labute approximate surface area is 237 Å². The molecule has 1 aromatic heterocycles. The minimum absolute atomic E-state index is 0.0470. The van der Waals surface area contributed by atoms with Gasteiger partial charge in [0.1, 0.15) is 11.2 Å². The van der Waals surface area contributed by atoms with E-state index in [0.29, 0.717) is 11.6 Å². The van der Waals surface area contributed by atoms with Crippen LogP contribution in [0.2, 0.25) is 0 Å². The van der Waals surface area contributed by atoms with Gasteiger partial charge in [0.15, 0.2) is 0 Å². The topological polar surface area (TPSA) is 13.1 Å². The third kappa shape index (κ3) is 3.41. The number of fused-ring (bicyclic) bond motifs is 5. The summed E-state index contributed by atoms with van der Waals surface area (Å²) in [4.78, 5) is 0. The van der Waals surface area contributed by atoms with Crippen LogP contribution < -0.4 is 0 Å². The molecule has 0 saturated heterocycles. The van der Waals surface area contributed by atoms with Crippen molar-refractivity contribution in [3.63, 3.8) is 0 Å². The van der Waals surface area contributed by atoms with Crippen LogP contribution in [0.25, 0.3) is 76.9 Å². The molecular formula is C38H24O. The van der Waals surface area contributed by atoms with E-state index in [4.69, 9.17) is 14.0 Å². The van der Waals surface area contributed by atoms with Gasteiger partial charge in [0.2, 0.25) is 0 Å². The molecule has 0 unspecified atom stereocenters. The molecule has 8 aromatic rings. The first-order chi connectivity index (χ1) is 22.7. The zero-order valence-electron chi connectivity index (χ0n) is 28.6. The number of rotatable bonds is 3. The lowest BCUT2D eigenvalue weighted by Gasteiger charge is -2.18. The molecule has 0 aliphatic carbocycles. The van der Waals surface area contributed by atoms with Crippen molar-refractivity contribution >= 4 is 43.5 Å². The Balaban J connectivity index is 1.50. The van der Waals surface area contributed by atoms with Crippen molar-refractivity contribution in [3.05, 3.63) is 145 Å². The number of hydrogen-bond acceptors (Lipinski definition) is 1. The highest BCUT2D eigenvalue weighted by Gasteiger charge is 2.19. The van der Waals surface area contributed by atoms with Crippen LogP contribution in [0.3, 0.4) is 0 Å². The van der Waals surface area contributed by atoms with Gasteiger partial charge in [0.05, 0.1) is 11.0 Å². The highest BCUT2D eigenvalue weighted by Crippen LogP contribution is 2.46. The van der Waals surface area contributed by atoms with Crippen molar-refractivity contribution in [2.45, 2.75) is 0 Å². The van der Waals surface area contributed by atoms with Crippen LogP contribution in [0, 0.1) is 0 Å². The first kappa shape index (κ1) is 15.3. The second kappa shape index (κ2) is 8.72. The molecule has 0 amide bonds. The first-order valence-electron chi connectivity index (χ1n) is 16.7. The van der Waals surface area contributed by atoms with E-state index in [0.717, 1.165) is 43.8 Å². The van der Waals surface area contributed by atoms with Crippen LogP contribution in [-0.4, -0.2) is 0 Å². The molecule has 0 fully saturated rings. The number of furan rings is 1. The maximum atomic E-state index is 9.22. The Bertz CT molecular complexity index is 2530. The molecule has 0 aliphatic rings. The predicted molar refractivity (Wildman–Crippen MR) is 165 cm³/mol. The highest BCUT2D eigenvalue weighted by atomic mass is 16.3. The summed E-state index contributed by atoms with van der Waals surface area (Å²) in [6.45, 7) is 0. The molecule has 1 heteroatoms. The Kier molecular flexibility index (Phi) is 3.42. The van der Waals surface area contributed by atoms with Crippen molar-refractivity contribution in [3.8, 4) is 33.4 Å². The van der Waals surface area contributed by atoms with E-state index in [1.807, 2.05) is 60.7 Å². The van der Waals surface area contributed by atoms with Gasteiger partial charge in [0.25, 0.3) is 0 Å². The van der Waals surface area contributed by atoms with E-state index >= 15 is 0 Å². The zero-order chi connectivity index (χ0) is 32.7. The van der Waals surface area contributed by atoms with Gasteiger partial charge in [-0.2, -0.15) is 0 Å². The van der Waals surface area contributed by atoms with Gasteiger partial charge < -0.3 is 4.42 Å². The third-order valence-corrected chi connectivity index (χ3v) is 7.35. The SMILES string of the molecule is [2H]c1ccc(-c2ccc(-c3c4ccccc4c(-c4c([2H])c([2H])c([2H])c5oc6c([2H])c([2H])c([2H])c([2H])c6c45)c4ccccc34)cc2)cc1. The van der Waals surface area contributed by atoms with Crippen molar-refractivity contribution < 1.29 is 15.4 Å². The largest absolute Gasteiger partial charge is 0.456 e. The molecule has 0 atom stereocenters. The van der Waals surface area contributed by atoms with Crippen LogP contribution in [-0.2, 0) is 0 Å². The van der Waals surface area contributed by atoms with Crippen molar-refractivity contribution in [2.24, 2.45) is 0 Å². The molecule has 1 nitrogen and oxygen atoms in total. The van der Waals surface area contributed by atoms with E-state index in [1.54, 1.807) is 12.1 Å². The van der Waals surface area contributed by atoms with E-state index in [2.05, 4.69) is 24.3 Å². The quantitative estimate of drug-likeness (QED) is 0.218. The molecule has 7 aromatic carbocycles. The molecule has 0 aliphatic heterocycles. The Hall–Kier alpha value is -5.14. The van der Waals surface area contributed by atoms with Crippen LogP contribution in [0.15, 0.2) is 150 Å². The standard InChI is InChI=1S/C38H24O/c1-2-11-25(12-3-1)26-21-23-27(24-22-26)36-28-13-4-6-15-30(28)37(31-16-7-5-14-29(31)36)33-18-10-20-35-38(33)32-17-8-9-19-34(32)39-35/h1-24H/i1D,8D,9D,10D,17D,18D,19D,20D. The van der Waals surface area contributed by atoms with Crippen LogP contribution >= 0.6 is 0 Å². The van der Waals surface area contributed by atoms with Gasteiger partial charge in [-0.1, -0.05) is 133 Å². The summed E-state index contributed by atoms with van der Waals surface area (Å²) in [5.74, 6) is 0. The monoisotopic (exact) mass is 504 g/mol. The summed E-state index contributed by atoms with van der Waals surface area (Å²) in [7, 11) is 0. The molecule has 0 bridgehead atoms. The Morgan fingerprint density at radius 1 is 0.410 bits per heavy atom. The van der Waals surface area contributed by atoms with Crippen molar-refractivity contribution in [2.75, 3.05) is 0 Å². The maximum absolute atomic E-state index is 9.22. The van der Waals surface area contributed by atoms with Gasteiger partial charge in [0, 0.05) is 10.8 Å². The average Bonchev–Trinajstić information content (AvgIpc) is 3.50. The molecule has 39 heavy (non-hydrogen) atoms. The molecule has 0 N–H and O–H groups in total. The summed E-state index contributed by atoms with van der Waals surface area (Å²) in [5, 5.41) is 3.70. The lowest BCUT2D eigenvalue weighted by molar-refractivity contribution is 0.669. The second-order valence-corrected chi connectivity index (χ2v) is 9.47. The summed E-state index contributed by atoms with van der Waals surface area (Å²) < 4.78 is 74.4. The lowest BCUT2D eigenvalue weighted by Crippen LogP contribution is -1.91. The third-order valence-electron chi connectivity index (χ3n) is 7.35. The molecule has 0 spiro atoms. The number of hydrogen-bond donors (Lipinski definition) is 0. The van der Waals surface area contributed by atoms with Gasteiger partial charge in [-0.25, -0.2) is 0 Å². The number of para-hydroxylation sites is 1. The Morgan fingerprint density at radius 2 is 0.974 bits per heavy atom. The summed E-state index contributed by atoms with van der Waals surface area (Å²) in [5.41, 5.74) is 4.77. The van der Waals surface area contributed by atoms with Crippen molar-refractivity contribution in [1.82, 2.24) is 0 Å². The number of benzene rings is 7.